The van der Waals surface area contributed by atoms with Crippen LogP contribution >= 0.6 is 0 Å². The van der Waals surface area contributed by atoms with E-state index >= 15 is 0 Å². The van der Waals surface area contributed by atoms with Gasteiger partial charge in [0.05, 0.1) is 13.7 Å². The predicted molar refractivity (Wildman–Crippen MR) is 145 cm³/mol. The molecule has 4 rings (SSSR count). The average Bonchev–Trinajstić information content (AvgIpc) is 3.28. The van der Waals surface area contributed by atoms with Crippen LogP contribution in [-0.4, -0.2) is 56.8 Å². The van der Waals surface area contributed by atoms with E-state index in [1.807, 2.05) is 24.8 Å². The Kier molecular flexibility index (Phi) is 7.81. The molecule has 1 unspecified atom stereocenters. The van der Waals surface area contributed by atoms with Crippen LogP contribution in [-0.2, 0) is 24.9 Å². The molecule has 1 saturated heterocycles. The van der Waals surface area contributed by atoms with Crippen LogP contribution < -0.4 is 27.2 Å². The first-order valence-electron chi connectivity index (χ1n) is 12.4. The Morgan fingerprint density at radius 3 is 2.68 bits per heavy atom. The molecule has 1 aromatic carbocycles. The highest BCUT2D eigenvalue weighted by molar-refractivity contribution is 5.97. The van der Waals surface area contributed by atoms with Gasteiger partial charge in [0.25, 0.3) is 5.56 Å². The molecule has 1 fully saturated rings. The molecule has 1 amide bonds. The van der Waals surface area contributed by atoms with Crippen molar-refractivity contribution in [3.8, 4) is 0 Å². The molecule has 3 aromatic rings. The highest BCUT2D eigenvalue weighted by Gasteiger charge is 2.26. The molecule has 0 aliphatic carbocycles. The van der Waals surface area contributed by atoms with Crippen molar-refractivity contribution in [3.05, 3.63) is 62.3 Å². The Balaban J connectivity index is 1.80. The first-order valence-corrected chi connectivity index (χ1v) is 12.4. The number of nitrogens with one attached hydrogen (secondary N) is 1. The summed E-state index contributed by atoms with van der Waals surface area (Å²) in [6.45, 7) is 5.16. The lowest BCUT2D eigenvalue weighted by molar-refractivity contribution is 0.0968. The van der Waals surface area contributed by atoms with E-state index in [0.29, 0.717) is 24.7 Å². The number of aromatic nitrogens is 4. The zero-order valence-electron chi connectivity index (χ0n) is 22.1. The van der Waals surface area contributed by atoms with Crippen molar-refractivity contribution in [2.24, 2.45) is 12.8 Å². The second-order valence-electron chi connectivity index (χ2n) is 9.68. The van der Waals surface area contributed by atoms with Crippen molar-refractivity contribution >= 4 is 34.7 Å². The maximum absolute atomic E-state index is 13.7. The van der Waals surface area contributed by atoms with E-state index in [0.717, 1.165) is 29.5 Å². The maximum Gasteiger partial charge on any atom is 0.411 e. The molecule has 0 bridgehead atoms. The molecule has 0 spiro atoms. The number of anilines is 2. The highest BCUT2D eigenvalue weighted by atomic mass is 16.5. The highest BCUT2D eigenvalue weighted by Crippen LogP contribution is 2.23. The summed E-state index contributed by atoms with van der Waals surface area (Å²) >= 11 is 0. The van der Waals surface area contributed by atoms with E-state index < -0.39 is 29.7 Å². The third-order valence-electron chi connectivity index (χ3n) is 6.55. The lowest BCUT2D eigenvalue weighted by Crippen LogP contribution is -2.44. The van der Waals surface area contributed by atoms with Crippen LogP contribution in [0.4, 0.5) is 16.4 Å². The minimum Gasteiger partial charge on any atom is -0.453 e. The Bertz CT molecular complexity index is 1530. The Morgan fingerprint density at radius 2 is 2.00 bits per heavy atom. The van der Waals surface area contributed by atoms with Crippen LogP contribution in [0, 0.1) is 0 Å². The second kappa shape index (κ2) is 11.1. The summed E-state index contributed by atoms with van der Waals surface area (Å²) in [6.07, 6.45) is 3.11. The minimum absolute atomic E-state index is 0.0111. The topological polar surface area (TPSA) is 146 Å². The number of carbonyl (C=O) groups is 2. The average molecular weight is 524 g/mol. The molecule has 1 atom stereocenters. The van der Waals surface area contributed by atoms with Gasteiger partial charge >= 0.3 is 11.8 Å². The summed E-state index contributed by atoms with van der Waals surface area (Å²) in [5, 5.41) is 2.50. The van der Waals surface area contributed by atoms with Gasteiger partial charge in [-0.2, -0.15) is 4.98 Å². The van der Waals surface area contributed by atoms with Crippen molar-refractivity contribution < 1.29 is 14.3 Å². The molecule has 3 N–H and O–H groups in total. The van der Waals surface area contributed by atoms with Crippen molar-refractivity contribution in [1.29, 1.82) is 0 Å². The number of allylic oxidation sites excluding steroid dienone is 2. The van der Waals surface area contributed by atoms with Gasteiger partial charge in [-0.05, 0) is 38.8 Å². The van der Waals surface area contributed by atoms with Crippen molar-refractivity contribution in [2.45, 2.75) is 45.8 Å². The van der Waals surface area contributed by atoms with E-state index in [2.05, 4.69) is 10.1 Å². The molecular weight excluding hydrogens is 490 g/mol. The number of nitrogens with zero attached hydrogens (tertiary/aromatic N) is 5. The van der Waals surface area contributed by atoms with E-state index in [1.165, 1.54) is 24.8 Å². The lowest BCUT2D eigenvalue weighted by atomic mass is 10.1. The van der Waals surface area contributed by atoms with E-state index in [1.54, 1.807) is 22.8 Å². The number of aryl methyl sites for hydroxylation is 1. The molecular formula is C26H33N7O5. The molecule has 0 saturated carbocycles. The molecule has 1 aliphatic rings. The number of amides is 1. The summed E-state index contributed by atoms with van der Waals surface area (Å²) in [5.74, 6) is 0.111. The summed E-state index contributed by atoms with van der Waals surface area (Å²) in [7, 11) is 2.77. The Labute approximate surface area is 219 Å². The number of fused-ring (bicyclic) bond motifs is 1. The van der Waals surface area contributed by atoms with Crippen molar-refractivity contribution in [3.63, 3.8) is 0 Å². The maximum atomic E-state index is 13.7. The van der Waals surface area contributed by atoms with E-state index in [-0.39, 0.29) is 22.8 Å². The van der Waals surface area contributed by atoms with Gasteiger partial charge in [0.2, 0.25) is 5.95 Å². The monoisotopic (exact) mass is 523 g/mol. The number of hydrogen-bond donors (Lipinski definition) is 2. The molecule has 12 heteroatoms. The fourth-order valence-corrected chi connectivity index (χ4v) is 4.55. The number of Topliss-reactive ketones (excluding diaryl/α,β-unsaturated/α-hetero) is 1. The summed E-state index contributed by atoms with van der Waals surface area (Å²) in [6, 6.07) is 6.19. The standard InChI is InChI=1S/C26H33N7O5/c1-16(2)10-12-32-21-22(29-24(32)31-11-6-8-18(27)14-31)30(3)26(37)33(23(21)35)15-20(34)17-7-5-9-19(13-17)28-25(36)38-4/h5,7,9-10,13,18H,6,8,11-12,14-15,27H2,1-4H3,(H,28,36). The van der Waals surface area contributed by atoms with Gasteiger partial charge in [-0.3, -0.25) is 24.0 Å². The van der Waals surface area contributed by atoms with Crippen LogP contribution in [0.3, 0.4) is 0 Å². The van der Waals surface area contributed by atoms with Crippen LogP contribution in [0.25, 0.3) is 11.2 Å². The number of hydrogen-bond acceptors (Lipinski definition) is 8. The fourth-order valence-electron chi connectivity index (χ4n) is 4.55. The Morgan fingerprint density at radius 1 is 1.24 bits per heavy atom. The van der Waals surface area contributed by atoms with Crippen molar-refractivity contribution in [2.75, 3.05) is 30.4 Å². The lowest BCUT2D eigenvalue weighted by Gasteiger charge is -2.31. The smallest absolute Gasteiger partial charge is 0.411 e. The van der Waals surface area contributed by atoms with Gasteiger partial charge in [0, 0.05) is 44.0 Å². The number of methoxy groups -OCH3 is 1. The first kappa shape index (κ1) is 26.9. The Hall–Kier alpha value is -4.19. The first-order chi connectivity index (χ1) is 18.1. The fraction of sp³-hybridized carbons (Fsp3) is 0.423. The van der Waals surface area contributed by atoms with Crippen LogP contribution in [0.1, 0.15) is 37.0 Å². The summed E-state index contributed by atoms with van der Waals surface area (Å²) in [4.78, 5) is 58.4. The quantitative estimate of drug-likeness (QED) is 0.352. The number of ether oxygens (including phenoxy) is 1. The number of rotatable bonds is 7. The zero-order chi connectivity index (χ0) is 27.6. The van der Waals surface area contributed by atoms with E-state index in [9.17, 15) is 19.2 Å². The number of carbonyl (C=O) groups excluding carboxylic acids is 2. The van der Waals surface area contributed by atoms with Crippen molar-refractivity contribution in [1.82, 2.24) is 18.7 Å². The van der Waals surface area contributed by atoms with Gasteiger partial charge in [-0.25, -0.2) is 9.59 Å². The SMILES string of the molecule is COC(=O)Nc1cccc(C(=O)Cn2c(=O)c3c(nc(N4CCCC(N)C4)n3CC=C(C)C)n(C)c2=O)c1. The number of piperidine rings is 1. The third-order valence-corrected chi connectivity index (χ3v) is 6.55. The second-order valence-corrected chi connectivity index (χ2v) is 9.68. The predicted octanol–water partition coefficient (Wildman–Crippen LogP) is 1.85. The zero-order valence-corrected chi connectivity index (χ0v) is 22.1. The normalized spacial score (nSPS) is 15.4. The molecule has 38 heavy (non-hydrogen) atoms. The summed E-state index contributed by atoms with van der Waals surface area (Å²) in [5.41, 5.74) is 7.11. The molecule has 0 radical (unpaired) electrons. The molecule has 3 heterocycles. The largest absolute Gasteiger partial charge is 0.453 e. The van der Waals surface area contributed by atoms with Gasteiger partial charge in [-0.1, -0.05) is 23.8 Å². The van der Waals surface area contributed by atoms with Crippen LogP contribution in [0.5, 0.6) is 0 Å². The van der Waals surface area contributed by atoms with Gasteiger partial charge in [-0.15, -0.1) is 0 Å². The van der Waals surface area contributed by atoms with Gasteiger partial charge in [0.15, 0.2) is 16.9 Å². The molecule has 202 valence electrons. The van der Waals surface area contributed by atoms with E-state index in [4.69, 9.17) is 10.7 Å². The molecule has 1 aliphatic heterocycles. The third kappa shape index (κ3) is 5.40. The van der Waals surface area contributed by atoms with Crippen LogP contribution in [0.2, 0.25) is 0 Å². The summed E-state index contributed by atoms with van der Waals surface area (Å²) < 4.78 is 8.61. The number of nitrogens with two attached hydrogens (primary N) is 1. The number of imidazole rings is 1. The number of ketones is 1. The number of benzene rings is 1. The van der Waals surface area contributed by atoms with Gasteiger partial charge < -0.3 is 19.9 Å². The molecule has 12 nitrogen and oxygen atoms in total. The molecule has 2 aromatic heterocycles. The van der Waals surface area contributed by atoms with Crippen LogP contribution in [0.15, 0.2) is 45.5 Å². The van der Waals surface area contributed by atoms with Gasteiger partial charge in [0.1, 0.15) is 0 Å². The minimum atomic E-state index is -0.680.